The Morgan fingerprint density at radius 3 is 1.81 bits per heavy atom. The number of rotatable bonds is 20. The lowest BCUT2D eigenvalue weighted by Crippen LogP contribution is -2.15. The first-order valence-corrected chi connectivity index (χ1v) is 11.3. The second-order valence-corrected chi connectivity index (χ2v) is 8.27. The van der Waals surface area contributed by atoms with Crippen molar-refractivity contribution in [1.29, 1.82) is 0 Å². The number of unbranched alkanes of at least 4 members (excludes halogenated alkanes) is 8. The monoisotopic (exact) mass is 416 g/mol. The fraction of sp³-hybridized carbons (Fsp3) is 1.00. The lowest BCUT2D eigenvalue weighted by Gasteiger charge is -2.11. The molecule has 0 saturated heterocycles. The van der Waals surface area contributed by atoms with Gasteiger partial charge in [-0.2, -0.15) is 0 Å². The highest BCUT2D eigenvalue weighted by atomic mass is 31.2. The zero-order valence-electron chi connectivity index (χ0n) is 16.8. The van der Waals surface area contributed by atoms with Crippen LogP contribution in [0, 0.1) is 5.92 Å². The maximum absolute atomic E-state index is 10.5. The van der Waals surface area contributed by atoms with Crippen molar-refractivity contribution in [3.8, 4) is 0 Å². The minimum atomic E-state index is -4.55. The van der Waals surface area contributed by atoms with E-state index in [2.05, 4.69) is 38.4 Å². The van der Waals surface area contributed by atoms with Crippen molar-refractivity contribution < 1.29 is 43.8 Å². The molecule has 0 rings (SSSR count). The Labute approximate surface area is 162 Å². The quantitative estimate of drug-likeness (QED) is 0.125. The average molecular weight is 416 g/mol. The van der Waals surface area contributed by atoms with Gasteiger partial charge >= 0.3 is 7.82 Å². The van der Waals surface area contributed by atoms with Crippen LogP contribution in [-0.4, -0.2) is 29.1 Å². The summed E-state index contributed by atoms with van der Waals surface area (Å²) in [7, 11) is -4.55. The van der Waals surface area contributed by atoms with Crippen LogP contribution in [0.4, 0.5) is 0 Å². The van der Waals surface area contributed by atoms with Crippen LogP contribution in [0.3, 0.4) is 0 Å². The Kier molecular flexibility index (Phi) is 17.9. The number of hydrogen-bond acceptors (Lipinski definition) is 7. The Hall–Kier alpha value is -0.0900. The highest BCUT2D eigenvalue weighted by Gasteiger charge is 2.19. The number of phosphoric acid groups is 1. The SMILES string of the molecule is CC(C)CCCCCCCCCCCOOOOOCC(C)OP(=O)(O)O. The van der Waals surface area contributed by atoms with Crippen molar-refractivity contribution in [2.75, 3.05) is 13.2 Å². The highest BCUT2D eigenvalue weighted by Crippen LogP contribution is 2.37. The summed E-state index contributed by atoms with van der Waals surface area (Å²) in [5.74, 6) is 0.819. The Bertz CT molecular complexity index is 362. The lowest BCUT2D eigenvalue weighted by molar-refractivity contribution is -0.709. The van der Waals surface area contributed by atoms with Gasteiger partial charge in [-0.3, -0.25) is 4.52 Å². The minimum Gasteiger partial charge on any atom is -0.303 e. The van der Waals surface area contributed by atoms with E-state index >= 15 is 0 Å². The standard InChI is InChI=1S/C17H37O9P/c1-16(2)13-11-9-7-5-4-6-8-10-12-14-21-24-26-25-22-15-17(3)23-27(18,19)20/h16-17H,4-15H2,1-3H3,(H2,18,19,20). The molecule has 0 aromatic rings. The van der Waals surface area contributed by atoms with Gasteiger partial charge in [-0.1, -0.05) is 71.6 Å². The van der Waals surface area contributed by atoms with Crippen LogP contribution in [0.1, 0.15) is 85.0 Å². The van der Waals surface area contributed by atoms with Gasteiger partial charge in [0.05, 0.1) is 12.7 Å². The second-order valence-electron chi connectivity index (χ2n) is 7.08. The van der Waals surface area contributed by atoms with Crippen molar-refractivity contribution in [3.63, 3.8) is 0 Å². The van der Waals surface area contributed by atoms with Gasteiger partial charge in [-0.15, -0.1) is 0 Å². The normalized spacial score (nSPS) is 13.4. The fourth-order valence-corrected chi connectivity index (χ4v) is 2.95. The molecule has 0 aromatic heterocycles. The van der Waals surface area contributed by atoms with Gasteiger partial charge in [0.25, 0.3) is 0 Å². The van der Waals surface area contributed by atoms with Crippen LogP contribution < -0.4 is 0 Å². The van der Waals surface area contributed by atoms with E-state index in [4.69, 9.17) is 14.7 Å². The van der Waals surface area contributed by atoms with E-state index in [0.717, 1.165) is 18.8 Å². The summed E-state index contributed by atoms with van der Waals surface area (Å²) in [4.78, 5) is 26.3. The van der Waals surface area contributed by atoms with Crippen LogP contribution in [0.25, 0.3) is 0 Å². The van der Waals surface area contributed by atoms with Crippen LogP contribution >= 0.6 is 7.82 Å². The molecule has 164 valence electrons. The molecule has 0 saturated carbocycles. The van der Waals surface area contributed by atoms with Crippen LogP contribution in [0.15, 0.2) is 0 Å². The molecule has 0 spiro atoms. The molecule has 0 heterocycles. The van der Waals surface area contributed by atoms with Gasteiger partial charge in [0.15, 0.2) is 0 Å². The smallest absolute Gasteiger partial charge is 0.303 e. The predicted molar refractivity (Wildman–Crippen MR) is 98.8 cm³/mol. The lowest BCUT2D eigenvalue weighted by atomic mass is 10.0. The largest absolute Gasteiger partial charge is 0.469 e. The molecule has 1 atom stereocenters. The Balaban J connectivity index is 3.14. The predicted octanol–water partition coefficient (Wildman–Crippen LogP) is 4.78. The summed E-state index contributed by atoms with van der Waals surface area (Å²) in [6.07, 6.45) is 11.4. The molecule has 0 aliphatic carbocycles. The van der Waals surface area contributed by atoms with E-state index in [1.807, 2.05) is 0 Å². The summed E-state index contributed by atoms with van der Waals surface area (Å²) in [5, 5.41) is 12.6. The van der Waals surface area contributed by atoms with E-state index in [1.54, 1.807) is 0 Å². The summed E-state index contributed by atoms with van der Waals surface area (Å²) < 4.78 is 14.8. The topological polar surface area (TPSA) is 113 Å². The fourth-order valence-electron chi connectivity index (χ4n) is 2.42. The molecular formula is C17H37O9P. The summed E-state index contributed by atoms with van der Waals surface area (Å²) >= 11 is 0. The first kappa shape index (κ1) is 26.9. The Morgan fingerprint density at radius 2 is 1.26 bits per heavy atom. The molecule has 10 heteroatoms. The van der Waals surface area contributed by atoms with Gasteiger partial charge in [0.1, 0.15) is 6.61 Å². The summed E-state index contributed by atoms with van der Waals surface area (Å²) in [6, 6.07) is 0. The molecular weight excluding hydrogens is 379 g/mol. The Morgan fingerprint density at radius 1 is 0.741 bits per heavy atom. The molecule has 0 radical (unpaired) electrons. The van der Waals surface area contributed by atoms with Gasteiger partial charge in [-0.05, 0) is 34.4 Å². The summed E-state index contributed by atoms with van der Waals surface area (Å²) in [5.41, 5.74) is 0. The third kappa shape index (κ3) is 23.9. The van der Waals surface area contributed by atoms with E-state index in [0.29, 0.717) is 6.61 Å². The molecule has 9 nitrogen and oxygen atoms in total. The maximum atomic E-state index is 10.5. The molecule has 0 aliphatic heterocycles. The van der Waals surface area contributed by atoms with E-state index in [-0.39, 0.29) is 6.61 Å². The molecule has 1 unspecified atom stereocenters. The third-order valence-corrected chi connectivity index (χ3v) is 4.42. The van der Waals surface area contributed by atoms with Gasteiger partial charge in [0, 0.05) is 0 Å². The molecule has 0 aliphatic rings. The number of phosphoric ester groups is 1. The van der Waals surface area contributed by atoms with E-state index in [9.17, 15) is 4.57 Å². The van der Waals surface area contributed by atoms with Crippen molar-refractivity contribution >= 4 is 7.82 Å². The van der Waals surface area contributed by atoms with Gasteiger partial charge in [0.2, 0.25) is 0 Å². The molecule has 27 heavy (non-hydrogen) atoms. The van der Waals surface area contributed by atoms with Crippen molar-refractivity contribution in [2.45, 2.75) is 91.1 Å². The highest BCUT2D eigenvalue weighted by molar-refractivity contribution is 7.46. The third-order valence-electron chi connectivity index (χ3n) is 3.78. The molecule has 0 fully saturated rings. The molecule has 0 aromatic carbocycles. The van der Waals surface area contributed by atoms with Crippen molar-refractivity contribution in [2.24, 2.45) is 5.92 Å². The van der Waals surface area contributed by atoms with Crippen molar-refractivity contribution in [3.05, 3.63) is 0 Å². The molecule has 0 amide bonds. The zero-order valence-corrected chi connectivity index (χ0v) is 17.7. The second kappa shape index (κ2) is 18.0. The summed E-state index contributed by atoms with van der Waals surface area (Å²) in [6.45, 7) is 6.06. The van der Waals surface area contributed by atoms with E-state index < -0.39 is 13.9 Å². The van der Waals surface area contributed by atoms with Crippen LogP contribution in [-0.2, 0) is 34.0 Å². The van der Waals surface area contributed by atoms with Crippen LogP contribution in [0.5, 0.6) is 0 Å². The molecule has 2 N–H and O–H groups in total. The minimum absolute atomic E-state index is 0.258. The van der Waals surface area contributed by atoms with Gasteiger partial charge < -0.3 is 9.79 Å². The average Bonchev–Trinajstić information content (AvgIpc) is 2.55. The maximum Gasteiger partial charge on any atom is 0.469 e. The van der Waals surface area contributed by atoms with Gasteiger partial charge in [-0.25, -0.2) is 14.3 Å². The number of hydrogen-bond donors (Lipinski definition) is 2. The zero-order chi connectivity index (χ0) is 20.4. The molecule has 0 bridgehead atoms. The van der Waals surface area contributed by atoms with Crippen molar-refractivity contribution in [1.82, 2.24) is 0 Å². The first-order valence-electron chi connectivity index (χ1n) is 9.79. The first-order chi connectivity index (χ1) is 12.8. The van der Waals surface area contributed by atoms with E-state index in [1.165, 1.54) is 58.3 Å². The van der Waals surface area contributed by atoms with Crippen LogP contribution in [0.2, 0.25) is 0 Å².